The van der Waals surface area contributed by atoms with Crippen LogP contribution in [0.25, 0.3) is 0 Å². The molecule has 0 saturated heterocycles. The summed E-state index contributed by atoms with van der Waals surface area (Å²) >= 11 is 3.47. The van der Waals surface area contributed by atoms with Crippen LogP contribution in [0.2, 0.25) is 0 Å². The van der Waals surface area contributed by atoms with Crippen LogP contribution >= 0.6 is 23.1 Å². The van der Waals surface area contributed by atoms with E-state index >= 15 is 0 Å². The Morgan fingerprint density at radius 2 is 1.81 bits per heavy atom. The molecule has 3 aromatic rings. The SMILES string of the molecule is CC(CCNC(=O)c1ccccc1SCc1cccs1)c1ccccc1. The first kappa shape index (κ1) is 18.7. The van der Waals surface area contributed by atoms with Gasteiger partial charge in [0.2, 0.25) is 0 Å². The topological polar surface area (TPSA) is 29.1 Å². The van der Waals surface area contributed by atoms with Crippen molar-refractivity contribution in [2.45, 2.75) is 29.9 Å². The fourth-order valence-corrected chi connectivity index (χ4v) is 4.59. The highest BCUT2D eigenvalue weighted by molar-refractivity contribution is 7.98. The molecule has 134 valence electrons. The Kier molecular flexibility index (Phi) is 6.92. The van der Waals surface area contributed by atoms with E-state index in [4.69, 9.17) is 0 Å². The van der Waals surface area contributed by atoms with Crippen molar-refractivity contribution in [1.29, 1.82) is 0 Å². The summed E-state index contributed by atoms with van der Waals surface area (Å²) in [6.07, 6.45) is 0.931. The molecular weight excluding hydrogens is 358 g/mol. The van der Waals surface area contributed by atoms with Gasteiger partial charge in [0.15, 0.2) is 0 Å². The second kappa shape index (κ2) is 9.60. The first-order valence-corrected chi connectivity index (χ1v) is 10.7. The van der Waals surface area contributed by atoms with Gasteiger partial charge in [-0.3, -0.25) is 4.79 Å². The maximum atomic E-state index is 12.6. The predicted octanol–water partition coefficient (Wildman–Crippen LogP) is 5.96. The molecule has 0 radical (unpaired) electrons. The molecular formula is C22H23NOS2. The van der Waals surface area contributed by atoms with E-state index in [1.165, 1.54) is 10.4 Å². The number of amides is 1. The average molecular weight is 382 g/mol. The van der Waals surface area contributed by atoms with E-state index < -0.39 is 0 Å². The number of rotatable bonds is 8. The number of hydrogen-bond acceptors (Lipinski definition) is 3. The molecule has 0 fully saturated rings. The molecule has 0 spiro atoms. The summed E-state index contributed by atoms with van der Waals surface area (Å²) in [5.41, 5.74) is 2.08. The zero-order chi connectivity index (χ0) is 18.2. The van der Waals surface area contributed by atoms with Crippen LogP contribution in [0, 0.1) is 0 Å². The lowest BCUT2D eigenvalue weighted by atomic mass is 9.98. The van der Waals surface area contributed by atoms with Crippen molar-refractivity contribution < 1.29 is 4.79 Å². The van der Waals surface area contributed by atoms with Gasteiger partial charge in [-0.25, -0.2) is 0 Å². The molecule has 0 bridgehead atoms. The van der Waals surface area contributed by atoms with Gasteiger partial charge in [0.25, 0.3) is 5.91 Å². The van der Waals surface area contributed by atoms with E-state index in [2.05, 4.69) is 54.0 Å². The minimum absolute atomic E-state index is 0.0135. The third-order valence-electron chi connectivity index (χ3n) is 4.31. The van der Waals surface area contributed by atoms with Crippen LogP contribution in [0.3, 0.4) is 0 Å². The molecule has 3 rings (SSSR count). The van der Waals surface area contributed by atoms with Crippen molar-refractivity contribution in [3.63, 3.8) is 0 Å². The van der Waals surface area contributed by atoms with Crippen LogP contribution in [-0.4, -0.2) is 12.5 Å². The minimum Gasteiger partial charge on any atom is -0.352 e. The molecule has 0 aliphatic carbocycles. The summed E-state index contributed by atoms with van der Waals surface area (Å²) < 4.78 is 0. The van der Waals surface area contributed by atoms with Gasteiger partial charge in [-0.1, -0.05) is 55.5 Å². The molecule has 1 N–H and O–H groups in total. The van der Waals surface area contributed by atoms with Crippen LogP contribution in [0.1, 0.15) is 40.1 Å². The van der Waals surface area contributed by atoms with Crippen LogP contribution in [-0.2, 0) is 5.75 Å². The highest BCUT2D eigenvalue weighted by Crippen LogP contribution is 2.28. The third-order valence-corrected chi connectivity index (χ3v) is 6.49. The largest absolute Gasteiger partial charge is 0.352 e. The van der Waals surface area contributed by atoms with Gasteiger partial charge in [-0.05, 0) is 41.5 Å². The van der Waals surface area contributed by atoms with Gasteiger partial charge in [0.1, 0.15) is 0 Å². The molecule has 1 atom stereocenters. The smallest absolute Gasteiger partial charge is 0.252 e. The number of benzene rings is 2. The summed E-state index contributed by atoms with van der Waals surface area (Å²) in [5.74, 6) is 1.34. The lowest BCUT2D eigenvalue weighted by Gasteiger charge is -2.13. The first-order valence-electron chi connectivity index (χ1n) is 8.81. The maximum Gasteiger partial charge on any atom is 0.252 e. The number of thiophene rings is 1. The van der Waals surface area contributed by atoms with Crippen molar-refractivity contribution >= 4 is 29.0 Å². The van der Waals surface area contributed by atoms with Crippen molar-refractivity contribution in [2.75, 3.05) is 6.54 Å². The van der Waals surface area contributed by atoms with Crippen molar-refractivity contribution in [3.05, 3.63) is 88.1 Å². The Morgan fingerprint density at radius 3 is 2.58 bits per heavy atom. The van der Waals surface area contributed by atoms with Crippen molar-refractivity contribution in [1.82, 2.24) is 5.32 Å². The quantitative estimate of drug-likeness (QED) is 0.487. The average Bonchev–Trinajstić information content (AvgIpc) is 3.20. The van der Waals surface area contributed by atoms with Gasteiger partial charge < -0.3 is 5.32 Å². The van der Waals surface area contributed by atoms with Gasteiger partial charge in [-0.2, -0.15) is 0 Å². The predicted molar refractivity (Wildman–Crippen MR) is 112 cm³/mol. The standard InChI is InChI=1S/C22H23NOS2/c1-17(18-8-3-2-4-9-18)13-14-23-22(24)20-11-5-6-12-21(20)26-16-19-10-7-15-25-19/h2-12,15,17H,13-14,16H2,1H3,(H,23,24). The monoisotopic (exact) mass is 381 g/mol. The van der Waals surface area contributed by atoms with E-state index in [1.807, 2.05) is 30.3 Å². The van der Waals surface area contributed by atoms with Gasteiger partial charge in [0.05, 0.1) is 5.56 Å². The number of hydrogen-bond donors (Lipinski definition) is 1. The summed E-state index contributed by atoms with van der Waals surface area (Å²) in [4.78, 5) is 15.0. The first-order chi connectivity index (χ1) is 12.7. The van der Waals surface area contributed by atoms with E-state index in [-0.39, 0.29) is 5.91 Å². The van der Waals surface area contributed by atoms with Crippen LogP contribution in [0.4, 0.5) is 0 Å². The third kappa shape index (κ3) is 5.23. The molecule has 0 aliphatic heterocycles. The van der Waals surface area contributed by atoms with E-state index in [0.29, 0.717) is 12.5 Å². The summed E-state index contributed by atoms with van der Waals surface area (Å²) in [5, 5.41) is 5.17. The Bertz CT molecular complexity index is 815. The molecule has 0 aliphatic rings. The molecule has 0 saturated carbocycles. The lowest BCUT2D eigenvalue weighted by molar-refractivity contribution is 0.0949. The molecule has 1 amide bonds. The van der Waals surface area contributed by atoms with Gasteiger partial charge >= 0.3 is 0 Å². The zero-order valence-corrected chi connectivity index (χ0v) is 16.5. The Hall–Kier alpha value is -2.04. The molecule has 1 aromatic heterocycles. The van der Waals surface area contributed by atoms with E-state index in [0.717, 1.165) is 22.6 Å². The molecule has 2 aromatic carbocycles. The summed E-state index contributed by atoms with van der Waals surface area (Å²) in [6.45, 7) is 2.88. The van der Waals surface area contributed by atoms with E-state index in [1.54, 1.807) is 23.1 Å². The van der Waals surface area contributed by atoms with Crippen LogP contribution < -0.4 is 5.32 Å². The maximum absolute atomic E-state index is 12.6. The van der Waals surface area contributed by atoms with E-state index in [9.17, 15) is 4.79 Å². The van der Waals surface area contributed by atoms with Crippen LogP contribution in [0.15, 0.2) is 77.0 Å². The number of carbonyl (C=O) groups is 1. The molecule has 4 heteroatoms. The fraction of sp³-hybridized carbons (Fsp3) is 0.227. The summed E-state index contributed by atoms with van der Waals surface area (Å²) in [6, 6.07) is 22.5. The van der Waals surface area contributed by atoms with Crippen molar-refractivity contribution in [2.24, 2.45) is 0 Å². The number of thioether (sulfide) groups is 1. The normalized spacial score (nSPS) is 11.9. The molecule has 26 heavy (non-hydrogen) atoms. The molecule has 1 unspecified atom stereocenters. The van der Waals surface area contributed by atoms with Gasteiger partial charge in [-0.15, -0.1) is 23.1 Å². The Labute approximate surface area is 163 Å². The highest BCUT2D eigenvalue weighted by Gasteiger charge is 2.12. The summed E-state index contributed by atoms with van der Waals surface area (Å²) in [7, 11) is 0. The fourth-order valence-electron chi connectivity index (χ4n) is 2.77. The van der Waals surface area contributed by atoms with Crippen LogP contribution in [0.5, 0.6) is 0 Å². The zero-order valence-electron chi connectivity index (χ0n) is 14.9. The minimum atomic E-state index is 0.0135. The molecule has 2 nitrogen and oxygen atoms in total. The number of carbonyl (C=O) groups excluding carboxylic acids is 1. The van der Waals surface area contributed by atoms with Crippen molar-refractivity contribution in [3.8, 4) is 0 Å². The van der Waals surface area contributed by atoms with Gasteiger partial charge in [0, 0.05) is 22.1 Å². The second-order valence-corrected chi connectivity index (χ2v) is 8.27. The second-order valence-electron chi connectivity index (χ2n) is 6.22. The Balaban J connectivity index is 1.54. The lowest BCUT2D eigenvalue weighted by Crippen LogP contribution is -2.25. The Morgan fingerprint density at radius 1 is 1.04 bits per heavy atom. The highest BCUT2D eigenvalue weighted by atomic mass is 32.2. The molecule has 1 heterocycles. The number of nitrogens with one attached hydrogen (secondary N) is 1.